The van der Waals surface area contributed by atoms with Gasteiger partial charge in [-0.3, -0.25) is 4.79 Å². The minimum Gasteiger partial charge on any atom is -0.507 e. The van der Waals surface area contributed by atoms with E-state index in [0.29, 0.717) is 12.0 Å². The minimum atomic E-state index is -0.159. The molecule has 17 heavy (non-hydrogen) atoms. The zero-order chi connectivity index (χ0) is 12.3. The van der Waals surface area contributed by atoms with Crippen LogP contribution in [-0.4, -0.2) is 16.5 Å². The summed E-state index contributed by atoms with van der Waals surface area (Å²) in [5.41, 5.74) is 0.189. The maximum atomic E-state index is 10.5. The van der Waals surface area contributed by atoms with Gasteiger partial charge in [0.25, 0.3) is 0 Å². The average Bonchev–Trinajstić information content (AvgIpc) is 2.32. The normalized spacial score (nSPS) is 9.88. The van der Waals surface area contributed by atoms with Crippen LogP contribution in [0.3, 0.4) is 0 Å². The average molecular weight is 230 g/mol. The van der Waals surface area contributed by atoms with Crippen LogP contribution in [-0.2, 0) is 0 Å². The number of hydrogen-bond donors (Lipinski definition) is 2. The highest BCUT2D eigenvalue weighted by Crippen LogP contribution is 2.32. The van der Waals surface area contributed by atoms with Gasteiger partial charge < -0.3 is 14.9 Å². The van der Waals surface area contributed by atoms with Gasteiger partial charge in [-0.2, -0.15) is 0 Å². The van der Waals surface area contributed by atoms with Crippen molar-refractivity contribution >= 4 is 6.29 Å². The number of aromatic hydroxyl groups is 2. The van der Waals surface area contributed by atoms with Crippen LogP contribution in [0.2, 0.25) is 0 Å². The number of phenolic OH excluding ortho intramolecular Hbond substituents is 2. The minimum absolute atomic E-state index is 0.00598. The molecule has 4 nitrogen and oxygen atoms in total. The molecule has 0 aliphatic carbocycles. The Morgan fingerprint density at radius 2 is 1.76 bits per heavy atom. The number of carbonyl (C=O) groups excluding carboxylic acids is 1. The molecule has 2 aromatic rings. The maximum absolute atomic E-state index is 10.5. The van der Waals surface area contributed by atoms with E-state index in [9.17, 15) is 15.0 Å². The van der Waals surface area contributed by atoms with Gasteiger partial charge in [0.15, 0.2) is 17.8 Å². The zero-order valence-electron chi connectivity index (χ0n) is 8.83. The zero-order valence-corrected chi connectivity index (χ0v) is 8.83. The van der Waals surface area contributed by atoms with Gasteiger partial charge >= 0.3 is 0 Å². The van der Waals surface area contributed by atoms with E-state index in [0.717, 1.165) is 0 Å². The molecule has 0 bridgehead atoms. The number of aldehydes is 1. The summed E-state index contributed by atoms with van der Waals surface area (Å²) in [5, 5.41) is 19.0. The van der Waals surface area contributed by atoms with Gasteiger partial charge in [-0.25, -0.2) is 0 Å². The molecule has 0 spiro atoms. The predicted molar refractivity (Wildman–Crippen MR) is 61.7 cm³/mol. The third-order valence-corrected chi connectivity index (χ3v) is 2.22. The van der Waals surface area contributed by atoms with E-state index < -0.39 is 0 Å². The van der Waals surface area contributed by atoms with Crippen LogP contribution >= 0.6 is 0 Å². The lowest BCUT2D eigenvalue weighted by atomic mass is 10.2. The summed E-state index contributed by atoms with van der Waals surface area (Å²) >= 11 is 0. The smallest absolute Gasteiger partial charge is 0.169 e. The van der Waals surface area contributed by atoms with Crippen molar-refractivity contribution in [3.05, 3.63) is 48.0 Å². The number of rotatable bonds is 3. The van der Waals surface area contributed by atoms with Crippen LogP contribution in [0.15, 0.2) is 42.5 Å². The molecular formula is C13H10O4. The van der Waals surface area contributed by atoms with Crippen molar-refractivity contribution in [2.45, 2.75) is 0 Å². The second kappa shape index (κ2) is 4.57. The van der Waals surface area contributed by atoms with Crippen molar-refractivity contribution in [1.29, 1.82) is 0 Å². The van der Waals surface area contributed by atoms with Crippen LogP contribution in [0, 0.1) is 0 Å². The Morgan fingerprint density at radius 3 is 2.41 bits per heavy atom. The van der Waals surface area contributed by atoms with Crippen LogP contribution in [0.4, 0.5) is 0 Å². The lowest BCUT2D eigenvalue weighted by Gasteiger charge is -2.08. The van der Waals surface area contributed by atoms with Crippen LogP contribution in [0.1, 0.15) is 10.4 Å². The van der Waals surface area contributed by atoms with Crippen molar-refractivity contribution in [2.75, 3.05) is 0 Å². The molecule has 2 rings (SSSR count). The maximum Gasteiger partial charge on any atom is 0.169 e. The van der Waals surface area contributed by atoms with Gasteiger partial charge in [-0.05, 0) is 24.3 Å². The van der Waals surface area contributed by atoms with Gasteiger partial charge in [0.1, 0.15) is 11.5 Å². The Bertz CT molecular complexity index is 549. The lowest BCUT2D eigenvalue weighted by molar-refractivity contribution is 0.112. The highest BCUT2D eigenvalue weighted by atomic mass is 16.5. The van der Waals surface area contributed by atoms with E-state index in [4.69, 9.17) is 4.74 Å². The lowest BCUT2D eigenvalue weighted by Crippen LogP contribution is -1.86. The summed E-state index contributed by atoms with van der Waals surface area (Å²) in [7, 11) is 0. The number of para-hydroxylation sites is 2. The van der Waals surface area contributed by atoms with E-state index in [-0.39, 0.29) is 22.8 Å². The Hall–Kier alpha value is -2.49. The van der Waals surface area contributed by atoms with Gasteiger partial charge in [-0.1, -0.05) is 12.1 Å². The number of ether oxygens (including phenoxy) is 1. The molecule has 0 saturated heterocycles. The molecule has 0 atom stereocenters. The fourth-order valence-corrected chi connectivity index (χ4v) is 1.36. The van der Waals surface area contributed by atoms with E-state index >= 15 is 0 Å². The molecule has 0 saturated carbocycles. The Labute approximate surface area is 97.7 Å². The molecular weight excluding hydrogens is 220 g/mol. The molecule has 0 radical (unpaired) electrons. The van der Waals surface area contributed by atoms with E-state index in [1.54, 1.807) is 18.2 Å². The molecule has 0 unspecified atom stereocenters. The largest absolute Gasteiger partial charge is 0.507 e. The second-order valence-corrected chi connectivity index (χ2v) is 3.41. The monoisotopic (exact) mass is 230 g/mol. The SMILES string of the molecule is O=Cc1ccc(Oc2ccccc2O)cc1O. The molecule has 86 valence electrons. The van der Waals surface area contributed by atoms with Crippen LogP contribution < -0.4 is 4.74 Å². The fourth-order valence-electron chi connectivity index (χ4n) is 1.36. The predicted octanol–water partition coefficient (Wildman–Crippen LogP) is 2.70. The van der Waals surface area contributed by atoms with Crippen LogP contribution in [0.25, 0.3) is 0 Å². The first-order chi connectivity index (χ1) is 8.20. The molecule has 0 amide bonds. The second-order valence-electron chi connectivity index (χ2n) is 3.41. The van der Waals surface area contributed by atoms with Crippen molar-refractivity contribution in [3.63, 3.8) is 0 Å². The molecule has 0 aliphatic heterocycles. The topological polar surface area (TPSA) is 66.8 Å². The molecule has 0 aromatic heterocycles. The summed E-state index contributed by atoms with van der Waals surface area (Å²) in [5.74, 6) is 0.472. The van der Waals surface area contributed by atoms with E-state index in [2.05, 4.69) is 0 Å². The molecule has 0 aliphatic rings. The van der Waals surface area contributed by atoms with Gasteiger partial charge in [0, 0.05) is 6.07 Å². The summed E-state index contributed by atoms with van der Waals surface area (Å²) in [6, 6.07) is 10.8. The van der Waals surface area contributed by atoms with Crippen molar-refractivity contribution < 1.29 is 19.7 Å². The van der Waals surface area contributed by atoms with Crippen molar-refractivity contribution in [3.8, 4) is 23.0 Å². The highest BCUT2D eigenvalue weighted by Gasteiger charge is 2.05. The summed E-state index contributed by atoms with van der Waals surface area (Å²) in [6.07, 6.45) is 0.555. The molecule has 0 fully saturated rings. The first-order valence-electron chi connectivity index (χ1n) is 4.95. The summed E-state index contributed by atoms with van der Waals surface area (Å²) < 4.78 is 5.36. The quantitative estimate of drug-likeness (QED) is 0.795. The van der Waals surface area contributed by atoms with E-state index in [1.165, 1.54) is 24.3 Å². The number of hydrogen-bond acceptors (Lipinski definition) is 4. The molecule has 0 heterocycles. The third kappa shape index (κ3) is 2.36. The standard InChI is InChI=1S/C13H10O4/c14-8-9-5-6-10(7-12(9)16)17-13-4-2-1-3-11(13)15/h1-8,15-16H. The Balaban J connectivity index is 2.28. The Morgan fingerprint density at radius 1 is 1.00 bits per heavy atom. The molecule has 4 heteroatoms. The van der Waals surface area contributed by atoms with Gasteiger partial charge in [0.2, 0.25) is 0 Å². The van der Waals surface area contributed by atoms with Crippen molar-refractivity contribution in [2.24, 2.45) is 0 Å². The fraction of sp³-hybridized carbons (Fsp3) is 0. The van der Waals surface area contributed by atoms with Crippen LogP contribution in [0.5, 0.6) is 23.0 Å². The molecule has 2 N–H and O–H groups in total. The summed E-state index contributed by atoms with van der Waals surface area (Å²) in [6.45, 7) is 0. The van der Waals surface area contributed by atoms with Crippen molar-refractivity contribution in [1.82, 2.24) is 0 Å². The third-order valence-electron chi connectivity index (χ3n) is 2.22. The highest BCUT2D eigenvalue weighted by molar-refractivity contribution is 5.79. The first-order valence-corrected chi connectivity index (χ1v) is 4.95. The number of carbonyl (C=O) groups is 1. The Kier molecular flexibility index (Phi) is 2.96. The first kappa shape index (κ1) is 11.0. The van der Waals surface area contributed by atoms with Gasteiger partial charge in [0.05, 0.1) is 5.56 Å². The van der Waals surface area contributed by atoms with E-state index in [1.807, 2.05) is 0 Å². The van der Waals surface area contributed by atoms with Gasteiger partial charge in [-0.15, -0.1) is 0 Å². The summed E-state index contributed by atoms with van der Waals surface area (Å²) in [4.78, 5) is 10.5. The number of benzene rings is 2. The number of phenols is 2. The molecule has 2 aromatic carbocycles.